The summed E-state index contributed by atoms with van der Waals surface area (Å²) in [5.41, 5.74) is -0.400. The molecule has 0 saturated carbocycles. The van der Waals surface area contributed by atoms with Crippen LogP contribution < -0.4 is 0 Å². The molecule has 0 aliphatic carbocycles. The molecule has 0 amide bonds. The highest BCUT2D eigenvalue weighted by Gasteiger charge is 2.28. The first kappa shape index (κ1) is 16.1. The van der Waals surface area contributed by atoms with Crippen molar-refractivity contribution in [3.05, 3.63) is 0 Å². The van der Waals surface area contributed by atoms with Gasteiger partial charge in [0.1, 0.15) is 0 Å². The van der Waals surface area contributed by atoms with Crippen molar-refractivity contribution >= 4 is 9.53 Å². The third kappa shape index (κ3) is 10.6. The van der Waals surface area contributed by atoms with Crippen LogP contribution in [0.1, 0.15) is 61.3 Å². The van der Waals surface area contributed by atoms with Crippen molar-refractivity contribution in [1.82, 2.24) is 0 Å². The Balaban J connectivity index is 4.17. The van der Waals surface area contributed by atoms with E-state index in [1.807, 2.05) is 41.5 Å². The number of hydrogen-bond donors (Lipinski definition) is 0. The lowest BCUT2D eigenvalue weighted by molar-refractivity contribution is -0.0193. The van der Waals surface area contributed by atoms with E-state index in [0.717, 1.165) is 19.4 Å². The van der Waals surface area contributed by atoms with Crippen LogP contribution in [0.15, 0.2) is 0 Å². The van der Waals surface area contributed by atoms with E-state index in [0.29, 0.717) is 0 Å². The number of rotatable bonds is 6. The monoisotopic (exact) mass is 248 g/mol. The van der Waals surface area contributed by atoms with E-state index in [9.17, 15) is 0 Å². The minimum Gasteiger partial charge on any atom is -0.376 e. The lowest BCUT2D eigenvalue weighted by Crippen LogP contribution is -2.41. The third-order valence-electron chi connectivity index (χ3n) is 1.65. The van der Waals surface area contributed by atoms with Gasteiger partial charge in [0.15, 0.2) is 0 Å². The first-order valence-corrected chi connectivity index (χ1v) is 7.53. The quantitative estimate of drug-likeness (QED) is 0.534. The molecule has 0 unspecified atom stereocenters. The summed E-state index contributed by atoms with van der Waals surface area (Å²) >= 11 is 0. The summed E-state index contributed by atoms with van der Waals surface area (Å²) in [6.45, 7) is 15.1. The molecule has 16 heavy (non-hydrogen) atoms. The van der Waals surface area contributed by atoms with Crippen molar-refractivity contribution < 1.29 is 13.3 Å². The SMILES string of the molecule is CCCCO[SiH](OC(C)(C)C)OC(C)(C)C. The molecular weight excluding hydrogens is 220 g/mol. The van der Waals surface area contributed by atoms with E-state index in [-0.39, 0.29) is 11.2 Å². The highest BCUT2D eigenvalue weighted by molar-refractivity contribution is 6.36. The molecule has 0 aliphatic rings. The van der Waals surface area contributed by atoms with Crippen LogP contribution in [0.3, 0.4) is 0 Å². The van der Waals surface area contributed by atoms with Crippen LogP contribution >= 0.6 is 0 Å². The van der Waals surface area contributed by atoms with Gasteiger partial charge in [0.05, 0.1) is 11.2 Å². The fraction of sp³-hybridized carbons (Fsp3) is 1.00. The molecule has 0 heterocycles. The molecule has 0 aromatic carbocycles. The normalized spacial score (nSPS) is 13.5. The van der Waals surface area contributed by atoms with Crippen molar-refractivity contribution in [2.75, 3.05) is 6.61 Å². The summed E-state index contributed by atoms with van der Waals surface area (Å²) in [6.07, 6.45) is 2.19. The molecule has 0 aromatic rings. The molecule has 0 N–H and O–H groups in total. The van der Waals surface area contributed by atoms with Crippen LogP contribution in [-0.2, 0) is 13.3 Å². The van der Waals surface area contributed by atoms with E-state index < -0.39 is 9.53 Å². The molecule has 0 spiro atoms. The lowest BCUT2D eigenvalue weighted by Gasteiger charge is -2.30. The first-order valence-electron chi connectivity index (χ1n) is 6.11. The van der Waals surface area contributed by atoms with Gasteiger partial charge in [0.25, 0.3) is 0 Å². The van der Waals surface area contributed by atoms with Gasteiger partial charge in [-0.2, -0.15) is 0 Å². The summed E-state index contributed by atoms with van der Waals surface area (Å²) in [7, 11) is -2.02. The molecule has 0 aromatic heterocycles. The second-order valence-electron chi connectivity index (χ2n) is 5.97. The van der Waals surface area contributed by atoms with Crippen LogP contribution in [0, 0.1) is 0 Å². The minimum absolute atomic E-state index is 0.200. The minimum atomic E-state index is -2.02. The lowest BCUT2D eigenvalue weighted by atomic mass is 10.2. The number of hydrogen-bond acceptors (Lipinski definition) is 3. The van der Waals surface area contributed by atoms with Crippen LogP contribution in [0.5, 0.6) is 0 Å². The number of unbranched alkanes of at least 4 members (excludes halogenated alkanes) is 1. The summed E-state index contributed by atoms with van der Waals surface area (Å²) < 4.78 is 17.4. The zero-order chi connectivity index (χ0) is 12.8. The molecule has 0 bridgehead atoms. The van der Waals surface area contributed by atoms with Crippen LogP contribution in [0.4, 0.5) is 0 Å². The van der Waals surface area contributed by atoms with E-state index in [2.05, 4.69) is 6.92 Å². The summed E-state index contributed by atoms with van der Waals surface area (Å²) in [6, 6.07) is 0. The summed E-state index contributed by atoms with van der Waals surface area (Å²) in [5.74, 6) is 0. The van der Waals surface area contributed by atoms with Crippen molar-refractivity contribution in [2.24, 2.45) is 0 Å². The molecule has 0 atom stereocenters. The molecule has 3 nitrogen and oxygen atoms in total. The van der Waals surface area contributed by atoms with Crippen LogP contribution in [0.2, 0.25) is 0 Å². The molecule has 0 radical (unpaired) electrons. The molecule has 0 rings (SSSR count). The zero-order valence-corrected chi connectivity index (χ0v) is 13.1. The summed E-state index contributed by atoms with van der Waals surface area (Å²) in [5, 5.41) is 0. The second-order valence-corrected chi connectivity index (χ2v) is 7.36. The van der Waals surface area contributed by atoms with E-state index in [1.54, 1.807) is 0 Å². The van der Waals surface area contributed by atoms with Crippen molar-refractivity contribution in [3.8, 4) is 0 Å². The smallest absolute Gasteiger partial charge is 0.376 e. The Bertz CT molecular complexity index is 166. The Labute approximate surface area is 102 Å². The van der Waals surface area contributed by atoms with Crippen molar-refractivity contribution in [1.29, 1.82) is 0 Å². The maximum atomic E-state index is 5.85. The fourth-order valence-electron chi connectivity index (χ4n) is 0.993. The van der Waals surface area contributed by atoms with Gasteiger partial charge in [0, 0.05) is 6.61 Å². The maximum Gasteiger partial charge on any atom is 0.485 e. The highest BCUT2D eigenvalue weighted by atomic mass is 28.3. The Kier molecular flexibility index (Phi) is 6.78. The Morgan fingerprint density at radius 3 is 1.62 bits per heavy atom. The molecule has 0 saturated heterocycles. The van der Waals surface area contributed by atoms with Gasteiger partial charge in [-0.1, -0.05) is 13.3 Å². The topological polar surface area (TPSA) is 27.7 Å². The largest absolute Gasteiger partial charge is 0.485 e. The van der Waals surface area contributed by atoms with E-state index >= 15 is 0 Å². The van der Waals surface area contributed by atoms with Crippen molar-refractivity contribution in [2.45, 2.75) is 72.5 Å². The average molecular weight is 248 g/mol. The molecule has 0 fully saturated rings. The Morgan fingerprint density at radius 2 is 1.31 bits per heavy atom. The predicted octanol–water partition coefficient (Wildman–Crippen LogP) is 3.15. The van der Waals surface area contributed by atoms with Gasteiger partial charge in [-0.15, -0.1) is 0 Å². The molecule has 0 aliphatic heterocycles. The zero-order valence-electron chi connectivity index (χ0n) is 11.9. The van der Waals surface area contributed by atoms with Gasteiger partial charge in [0.2, 0.25) is 0 Å². The van der Waals surface area contributed by atoms with E-state index in [1.165, 1.54) is 0 Å². The van der Waals surface area contributed by atoms with Gasteiger partial charge in [-0.05, 0) is 48.0 Å². The van der Waals surface area contributed by atoms with Gasteiger partial charge >= 0.3 is 9.53 Å². The molecular formula is C12H28O3Si. The predicted molar refractivity (Wildman–Crippen MR) is 69.7 cm³/mol. The molecule has 4 heteroatoms. The third-order valence-corrected chi connectivity index (χ3v) is 3.96. The molecule has 98 valence electrons. The maximum absolute atomic E-state index is 5.85. The van der Waals surface area contributed by atoms with Crippen LogP contribution in [-0.4, -0.2) is 27.3 Å². The highest BCUT2D eigenvalue weighted by Crippen LogP contribution is 2.16. The van der Waals surface area contributed by atoms with Gasteiger partial charge in [-0.25, -0.2) is 0 Å². The summed E-state index contributed by atoms with van der Waals surface area (Å²) in [4.78, 5) is 0. The van der Waals surface area contributed by atoms with E-state index in [4.69, 9.17) is 13.3 Å². The van der Waals surface area contributed by atoms with Crippen LogP contribution in [0.25, 0.3) is 0 Å². The second kappa shape index (κ2) is 6.74. The first-order chi connectivity index (χ1) is 7.14. The standard InChI is InChI=1S/C12H28O3Si/c1-8-9-10-13-16(14-11(2,3)4)15-12(5,6)7/h16H,8-10H2,1-7H3. The Morgan fingerprint density at radius 1 is 0.875 bits per heavy atom. The average Bonchev–Trinajstić information content (AvgIpc) is 1.97. The van der Waals surface area contributed by atoms with Gasteiger partial charge < -0.3 is 13.3 Å². The fourth-order valence-corrected chi connectivity index (χ4v) is 2.69. The van der Waals surface area contributed by atoms with Gasteiger partial charge in [-0.3, -0.25) is 0 Å². The van der Waals surface area contributed by atoms with Crippen molar-refractivity contribution in [3.63, 3.8) is 0 Å². The Hall–Kier alpha value is 0.0969.